The number of ether oxygens (including phenoxy) is 1. The first-order chi connectivity index (χ1) is 15.5. The van der Waals surface area contributed by atoms with E-state index in [0.717, 1.165) is 60.7 Å². The molecule has 0 aromatic carbocycles. The van der Waals surface area contributed by atoms with Crippen molar-refractivity contribution in [2.75, 3.05) is 7.11 Å². The molecule has 12 atom stereocenters. The molecular weight excluding hydrogens is 404 g/mol. The van der Waals surface area contributed by atoms with E-state index in [2.05, 4.69) is 54.5 Å². The molecule has 0 saturated heterocycles. The second-order valence-electron chi connectivity index (χ2n) is 14.4. The lowest BCUT2D eigenvalue weighted by atomic mass is 9.46. The number of aliphatic hydroxyl groups is 1. The van der Waals surface area contributed by atoms with Gasteiger partial charge in [0.05, 0.1) is 12.2 Å². The second kappa shape index (κ2) is 8.09. The average molecular weight is 457 g/mol. The zero-order chi connectivity index (χ0) is 23.9. The Kier molecular flexibility index (Phi) is 5.97. The fraction of sp³-hybridized carbons (Fsp3) is 0.935. The van der Waals surface area contributed by atoms with Crippen LogP contribution in [0.3, 0.4) is 0 Å². The first-order valence-corrected chi connectivity index (χ1v) is 14.4. The molecule has 33 heavy (non-hydrogen) atoms. The molecule has 0 aliphatic heterocycles. The predicted molar refractivity (Wildman–Crippen MR) is 137 cm³/mol. The summed E-state index contributed by atoms with van der Waals surface area (Å²) in [6, 6.07) is 0. The van der Waals surface area contributed by atoms with E-state index in [-0.39, 0.29) is 17.6 Å². The zero-order valence-electron chi connectivity index (χ0n) is 22.9. The summed E-state index contributed by atoms with van der Waals surface area (Å²) in [6.07, 6.45) is 12.6. The van der Waals surface area contributed by atoms with Gasteiger partial charge in [0.25, 0.3) is 0 Å². The van der Waals surface area contributed by atoms with Gasteiger partial charge in [0.15, 0.2) is 0 Å². The van der Waals surface area contributed by atoms with Gasteiger partial charge in [0.2, 0.25) is 0 Å². The van der Waals surface area contributed by atoms with E-state index in [1.165, 1.54) is 37.7 Å². The minimum absolute atomic E-state index is 0.148. The largest absolute Gasteiger partial charge is 0.393 e. The fourth-order valence-corrected chi connectivity index (χ4v) is 10.5. The summed E-state index contributed by atoms with van der Waals surface area (Å²) >= 11 is 0. The molecule has 5 aliphatic carbocycles. The first-order valence-electron chi connectivity index (χ1n) is 14.4. The number of rotatable bonds is 5. The van der Waals surface area contributed by atoms with E-state index in [4.69, 9.17) is 4.74 Å². The van der Waals surface area contributed by atoms with Gasteiger partial charge in [0, 0.05) is 7.11 Å². The van der Waals surface area contributed by atoms with E-state index in [1.54, 1.807) is 0 Å². The Hall–Kier alpha value is -0.340. The molecule has 4 saturated carbocycles. The number of hydrogen-bond donors (Lipinski definition) is 1. The lowest BCUT2D eigenvalue weighted by molar-refractivity contribution is -0.107. The van der Waals surface area contributed by atoms with Crippen LogP contribution in [0, 0.1) is 63.6 Å². The Labute approximate surface area is 204 Å². The van der Waals surface area contributed by atoms with Gasteiger partial charge in [-0.25, -0.2) is 0 Å². The summed E-state index contributed by atoms with van der Waals surface area (Å²) in [7, 11) is 1.94. The Bertz CT molecular complexity index is 786. The maximum atomic E-state index is 10.4. The van der Waals surface area contributed by atoms with E-state index < -0.39 is 0 Å². The third kappa shape index (κ3) is 3.46. The topological polar surface area (TPSA) is 29.5 Å². The van der Waals surface area contributed by atoms with Crippen molar-refractivity contribution in [3.05, 3.63) is 11.6 Å². The third-order valence-electron chi connectivity index (χ3n) is 13.1. The van der Waals surface area contributed by atoms with E-state index in [1.807, 2.05) is 7.11 Å². The number of fused-ring (bicyclic) bond motifs is 5. The molecule has 0 amide bonds. The molecule has 4 fully saturated rings. The van der Waals surface area contributed by atoms with Crippen molar-refractivity contribution >= 4 is 0 Å². The molecule has 0 radical (unpaired) electrons. The monoisotopic (exact) mass is 456 g/mol. The Balaban J connectivity index is 1.41. The van der Waals surface area contributed by atoms with Crippen LogP contribution in [-0.4, -0.2) is 24.4 Å². The van der Waals surface area contributed by atoms with Gasteiger partial charge < -0.3 is 9.84 Å². The highest BCUT2D eigenvalue weighted by molar-refractivity contribution is 5.28. The number of aliphatic hydroxyl groups excluding tert-OH is 1. The summed E-state index contributed by atoms with van der Waals surface area (Å²) in [6.45, 7) is 17.8. The highest BCUT2D eigenvalue weighted by Crippen LogP contribution is 2.71. The Morgan fingerprint density at radius 2 is 1.67 bits per heavy atom. The van der Waals surface area contributed by atoms with Crippen LogP contribution in [0.2, 0.25) is 0 Å². The Morgan fingerprint density at radius 1 is 0.939 bits per heavy atom. The van der Waals surface area contributed by atoms with Crippen LogP contribution < -0.4 is 0 Å². The molecule has 0 spiro atoms. The minimum Gasteiger partial charge on any atom is -0.393 e. The van der Waals surface area contributed by atoms with Crippen molar-refractivity contribution < 1.29 is 9.84 Å². The molecule has 0 heterocycles. The third-order valence-corrected chi connectivity index (χ3v) is 13.1. The lowest BCUT2D eigenvalue weighted by Crippen LogP contribution is -2.55. The van der Waals surface area contributed by atoms with Crippen molar-refractivity contribution in [1.82, 2.24) is 0 Å². The second-order valence-corrected chi connectivity index (χ2v) is 14.4. The van der Waals surface area contributed by atoms with Crippen LogP contribution in [0.5, 0.6) is 0 Å². The molecule has 188 valence electrons. The Morgan fingerprint density at radius 3 is 2.33 bits per heavy atom. The maximum absolute atomic E-state index is 10.4. The highest BCUT2D eigenvalue weighted by Gasteiger charge is 2.64. The summed E-state index contributed by atoms with van der Waals surface area (Å²) in [5.74, 6) is 6.44. The predicted octanol–water partition coefficient (Wildman–Crippen LogP) is 7.51. The molecule has 5 aliphatic rings. The number of methoxy groups -OCH3 is 1. The van der Waals surface area contributed by atoms with Crippen molar-refractivity contribution in [2.24, 2.45) is 63.6 Å². The van der Waals surface area contributed by atoms with Crippen molar-refractivity contribution in [2.45, 2.75) is 112 Å². The SMILES string of the molecule is COC1C=C2CC(O)CCC2(C)C2CCC3(C)C(C(C)C4CC4(C)C(C)C(C)C)CCC3C12. The van der Waals surface area contributed by atoms with Crippen molar-refractivity contribution in [3.8, 4) is 0 Å². The smallest absolute Gasteiger partial charge is 0.0788 e. The van der Waals surface area contributed by atoms with Crippen LogP contribution in [0.25, 0.3) is 0 Å². The molecule has 2 heteroatoms. The summed E-state index contributed by atoms with van der Waals surface area (Å²) in [5.41, 5.74) is 2.83. The average Bonchev–Trinajstić information content (AvgIpc) is 3.34. The van der Waals surface area contributed by atoms with Crippen molar-refractivity contribution in [3.63, 3.8) is 0 Å². The number of hydrogen-bond acceptors (Lipinski definition) is 2. The van der Waals surface area contributed by atoms with Crippen LogP contribution in [0.1, 0.15) is 99.8 Å². The molecule has 1 N–H and O–H groups in total. The molecule has 0 aromatic rings. The van der Waals surface area contributed by atoms with Gasteiger partial charge in [-0.2, -0.15) is 0 Å². The summed E-state index contributed by atoms with van der Waals surface area (Å²) in [5, 5.41) is 10.4. The zero-order valence-corrected chi connectivity index (χ0v) is 22.9. The van der Waals surface area contributed by atoms with Gasteiger partial charge in [-0.15, -0.1) is 0 Å². The lowest BCUT2D eigenvalue weighted by Gasteiger charge is -2.60. The van der Waals surface area contributed by atoms with Gasteiger partial charge in [-0.1, -0.05) is 60.1 Å². The van der Waals surface area contributed by atoms with E-state index >= 15 is 0 Å². The van der Waals surface area contributed by atoms with Crippen LogP contribution in [0.4, 0.5) is 0 Å². The molecule has 0 aromatic heterocycles. The van der Waals surface area contributed by atoms with Gasteiger partial charge in [-0.05, 0) is 115 Å². The standard InChI is InChI=1S/C31H52O2/c1-18(2)20(4)31(7)17-26(31)19(3)23-9-10-24-28-25(12-14-30(23,24)6)29(5)13-11-22(32)15-21(29)16-27(28)33-8/h16,18-20,22-28,32H,9-15,17H2,1-8H3. The van der Waals surface area contributed by atoms with Gasteiger partial charge >= 0.3 is 0 Å². The van der Waals surface area contributed by atoms with Crippen LogP contribution in [0.15, 0.2) is 11.6 Å². The quantitative estimate of drug-likeness (QED) is 0.434. The van der Waals surface area contributed by atoms with Gasteiger partial charge in [0.1, 0.15) is 0 Å². The fourth-order valence-electron chi connectivity index (χ4n) is 10.5. The molecule has 12 unspecified atom stereocenters. The molecule has 2 nitrogen and oxygen atoms in total. The van der Waals surface area contributed by atoms with Crippen molar-refractivity contribution in [1.29, 1.82) is 0 Å². The van der Waals surface area contributed by atoms with Gasteiger partial charge in [-0.3, -0.25) is 0 Å². The first kappa shape index (κ1) is 24.4. The van der Waals surface area contributed by atoms with Crippen LogP contribution in [-0.2, 0) is 4.74 Å². The normalized spacial score (nSPS) is 53.0. The molecule has 5 rings (SSSR count). The van der Waals surface area contributed by atoms with E-state index in [0.29, 0.717) is 16.7 Å². The molecule has 0 bridgehead atoms. The maximum Gasteiger partial charge on any atom is 0.0788 e. The van der Waals surface area contributed by atoms with E-state index in [9.17, 15) is 5.11 Å². The highest BCUT2D eigenvalue weighted by atomic mass is 16.5. The summed E-state index contributed by atoms with van der Waals surface area (Å²) < 4.78 is 6.23. The van der Waals surface area contributed by atoms with Crippen LogP contribution >= 0.6 is 0 Å². The summed E-state index contributed by atoms with van der Waals surface area (Å²) in [4.78, 5) is 0. The minimum atomic E-state index is -0.148. The molecular formula is C31H52O2.